The van der Waals surface area contributed by atoms with Crippen LogP contribution in [0.4, 0.5) is 0 Å². The molecule has 110 valence electrons. The average Bonchev–Trinajstić information content (AvgIpc) is 2.84. The van der Waals surface area contributed by atoms with Crippen LogP contribution in [0.25, 0.3) is 0 Å². The van der Waals surface area contributed by atoms with Gasteiger partial charge in [0.1, 0.15) is 5.54 Å². The first-order chi connectivity index (χ1) is 9.62. The smallest absolute Gasteiger partial charge is 0.240 e. The van der Waals surface area contributed by atoms with Crippen LogP contribution in [0, 0.1) is 0 Å². The Balaban J connectivity index is 2.15. The number of hydrogen-bond donors (Lipinski definition) is 1. The van der Waals surface area contributed by atoms with E-state index in [0.29, 0.717) is 19.0 Å². The first kappa shape index (κ1) is 14.7. The van der Waals surface area contributed by atoms with Gasteiger partial charge < -0.3 is 15.2 Å². The molecule has 0 radical (unpaired) electrons. The molecule has 1 atom stereocenters. The van der Waals surface area contributed by atoms with Crippen LogP contribution in [-0.4, -0.2) is 48.7 Å². The number of ether oxygens (including phenoxy) is 2. The van der Waals surface area contributed by atoms with E-state index in [9.17, 15) is 4.79 Å². The van der Waals surface area contributed by atoms with Crippen molar-refractivity contribution < 1.29 is 14.3 Å². The van der Waals surface area contributed by atoms with Crippen molar-refractivity contribution in [3.8, 4) is 5.88 Å². The Morgan fingerprint density at radius 3 is 2.85 bits per heavy atom. The number of rotatable bonds is 6. The van der Waals surface area contributed by atoms with Gasteiger partial charge >= 0.3 is 0 Å². The summed E-state index contributed by atoms with van der Waals surface area (Å²) in [5, 5.41) is 0. The number of hydrogen-bond acceptors (Lipinski definition) is 5. The fourth-order valence-corrected chi connectivity index (χ4v) is 2.76. The highest BCUT2D eigenvalue weighted by molar-refractivity contribution is 5.85. The van der Waals surface area contributed by atoms with Gasteiger partial charge in [0.25, 0.3) is 0 Å². The predicted octanol–water partition coefficient (Wildman–Crippen LogP) is 0.557. The third-order valence-corrected chi connectivity index (χ3v) is 3.85. The van der Waals surface area contributed by atoms with Crippen LogP contribution in [0.3, 0.4) is 0 Å². The molecular formula is C14H21N3O3. The standard InChI is InChI=1S/C14H21N3O3/c1-19-10-14(13(15)18)6-3-7-17(14)9-11-4-5-12(20-2)16-8-11/h4-5,8H,3,6-7,9-10H2,1-2H3,(H2,15,18). The van der Waals surface area contributed by atoms with Gasteiger partial charge in [0.05, 0.1) is 13.7 Å². The Bertz CT molecular complexity index is 463. The van der Waals surface area contributed by atoms with Crippen molar-refractivity contribution in [3.63, 3.8) is 0 Å². The van der Waals surface area contributed by atoms with Crippen LogP contribution in [0.15, 0.2) is 18.3 Å². The second kappa shape index (κ2) is 6.19. The molecule has 2 N–H and O–H groups in total. The maximum Gasteiger partial charge on any atom is 0.240 e. The van der Waals surface area contributed by atoms with Gasteiger partial charge in [-0.3, -0.25) is 9.69 Å². The molecular weight excluding hydrogens is 258 g/mol. The molecule has 1 aromatic rings. The number of methoxy groups -OCH3 is 2. The Morgan fingerprint density at radius 2 is 2.30 bits per heavy atom. The van der Waals surface area contributed by atoms with Crippen molar-refractivity contribution in [2.45, 2.75) is 24.9 Å². The second-order valence-corrected chi connectivity index (χ2v) is 5.06. The summed E-state index contributed by atoms with van der Waals surface area (Å²) in [6.45, 7) is 1.79. The molecule has 1 unspecified atom stereocenters. The van der Waals surface area contributed by atoms with E-state index >= 15 is 0 Å². The first-order valence-electron chi connectivity index (χ1n) is 6.65. The van der Waals surface area contributed by atoms with E-state index in [1.807, 2.05) is 12.1 Å². The van der Waals surface area contributed by atoms with E-state index in [4.69, 9.17) is 15.2 Å². The minimum absolute atomic E-state index is 0.321. The Labute approximate surface area is 118 Å². The molecule has 1 aliphatic heterocycles. The third-order valence-electron chi connectivity index (χ3n) is 3.85. The molecule has 0 aromatic carbocycles. The van der Waals surface area contributed by atoms with Crippen molar-refractivity contribution in [1.82, 2.24) is 9.88 Å². The molecule has 1 amide bonds. The Kier molecular flexibility index (Phi) is 4.57. The number of nitrogens with zero attached hydrogens (tertiary/aromatic N) is 2. The van der Waals surface area contributed by atoms with Crippen LogP contribution in [-0.2, 0) is 16.1 Å². The maximum atomic E-state index is 11.9. The van der Waals surface area contributed by atoms with Gasteiger partial charge in [-0.05, 0) is 24.9 Å². The monoisotopic (exact) mass is 279 g/mol. The van der Waals surface area contributed by atoms with Gasteiger partial charge in [-0.1, -0.05) is 6.07 Å². The van der Waals surface area contributed by atoms with Gasteiger partial charge in [0.15, 0.2) is 0 Å². The van der Waals surface area contributed by atoms with Gasteiger partial charge in [-0.25, -0.2) is 4.98 Å². The molecule has 0 bridgehead atoms. The van der Waals surface area contributed by atoms with Gasteiger partial charge in [0.2, 0.25) is 11.8 Å². The van der Waals surface area contributed by atoms with Crippen LogP contribution in [0.5, 0.6) is 5.88 Å². The van der Waals surface area contributed by atoms with Crippen LogP contribution < -0.4 is 10.5 Å². The van der Waals surface area contributed by atoms with Crippen LogP contribution in [0.2, 0.25) is 0 Å². The highest BCUT2D eigenvalue weighted by Gasteiger charge is 2.46. The van der Waals surface area contributed by atoms with E-state index in [0.717, 1.165) is 24.9 Å². The Hall–Kier alpha value is -1.66. The average molecular weight is 279 g/mol. The lowest BCUT2D eigenvalue weighted by Gasteiger charge is -2.35. The maximum absolute atomic E-state index is 11.9. The normalized spacial score (nSPS) is 22.9. The molecule has 1 aliphatic rings. The molecule has 2 heterocycles. The van der Waals surface area contributed by atoms with Crippen molar-refractivity contribution in [2.24, 2.45) is 5.73 Å². The van der Waals surface area contributed by atoms with Crippen LogP contribution >= 0.6 is 0 Å². The number of pyridine rings is 1. The summed E-state index contributed by atoms with van der Waals surface area (Å²) < 4.78 is 10.3. The van der Waals surface area contributed by atoms with Gasteiger partial charge in [0, 0.05) is 25.9 Å². The lowest BCUT2D eigenvalue weighted by atomic mass is 9.96. The largest absolute Gasteiger partial charge is 0.481 e. The zero-order chi connectivity index (χ0) is 14.6. The molecule has 0 spiro atoms. The molecule has 1 aromatic heterocycles. The fraction of sp³-hybridized carbons (Fsp3) is 0.571. The topological polar surface area (TPSA) is 77.7 Å². The lowest BCUT2D eigenvalue weighted by Crippen LogP contribution is -2.56. The quantitative estimate of drug-likeness (QED) is 0.823. The number of likely N-dealkylation sites (tertiary alicyclic amines) is 1. The number of carbonyl (C=O) groups excluding carboxylic acids is 1. The highest BCUT2D eigenvalue weighted by atomic mass is 16.5. The summed E-state index contributed by atoms with van der Waals surface area (Å²) >= 11 is 0. The summed E-state index contributed by atoms with van der Waals surface area (Å²) in [5.41, 5.74) is 5.94. The summed E-state index contributed by atoms with van der Waals surface area (Å²) in [6, 6.07) is 3.76. The Morgan fingerprint density at radius 1 is 1.50 bits per heavy atom. The van der Waals surface area contributed by atoms with Crippen molar-refractivity contribution >= 4 is 5.91 Å². The van der Waals surface area contributed by atoms with Crippen molar-refractivity contribution in [2.75, 3.05) is 27.4 Å². The summed E-state index contributed by atoms with van der Waals surface area (Å²) in [5.74, 6) is 0.256. The number of amides is 1. The molecule has 20 heavy (non-hydrogen) atoms. The summed E-state index contributed by atoms with van der Waals surface area (Å²) in [7, 11) is 3.18. The number of aromatic nitrogens is 1. The zero-order valence-electron chi connectivity index (χ0n) is 12.0. The molecule has 1 fully saturated rings. The SMILES string of the molecule is COCC1(C(N)=O)CCCN1Cc1ccc(OC)nc1. The van der Waals surface area contributed by atoms with E-state index in [-0.39, 0.29) is 5.91 Å². The van der Waals surface area contributed by atoms with Gasteiger partial charge in [-0.15, -0.1) is 0 Å². The predicted molar refractivity (Wildman–Crippen MR) is 74.2 cm³/mol. The second-order valence-electron chi connectivity index (χ2n) is 5.06. The molecule has 0 aliphatic carbocycles. The van der Waals surface area contributed by atoms with Gasteiger partial charge in [-0.2, -0.15) is 0 Å². The highest BCUT2D eigenvalue weighted by Crippen LogP contribution is 2.31. The first-order valence-corrected chi connectivity index (χ1v) is 6.65. The lowest BCUT2D eigenvalue weighted by molar-refractivity contribution is -0.132. The molecule has 6 nitrogen and oxygen atoms in total. The number of primary amides is 1. The minimum Gasteiger partial charge on any atom is -0.481 e. The van der Waals surface area contributed by atoms with Crippen LogP contribution in [0.1, 0.15) is 18.4 Å². The molecule has 0 saturated carbocycles. The number of nitrogens with two attached hydrogens (primary N) is 1. The van der Waals surface area contributed by atoms with Crippen molar-refractivity contribution in [3.05, 3.63) is 23.9 Å². The minimum atomic E-state index is -0.700. The van der Waals surface area contributed by atoms with E-state index < -0.39 is 5.54 Å². The molecule has 6 heteroatoms. The summed E-state index contributed by atoms with van der Waals surface area (Å²) in [4.78, 5) is 18.1. The molecule has 2 rings (SSSR count). The van der Waals surface area contributed by atoms with E-state index in [2.05, 4.69) is 9.88 Å². The third kappa shape index (κ3) is 2.76. The van der Waals surface area contributed by atoms with E-state index in [1.54, 1.807) is 20.4 Å². The molecule has 1 saturated heterocycles. The summed E-state index contributed by atoms with van der Waals surface area (Å²) in [6.07, 6.45) is 3.44. The number of carbonyl (C=O) groups is 1. The fourth-order valence-electron chi connectivity index (χ4n) is 2.76. The van der Waals surface area contributed by atoms with E-state index in [1.165, 1.54) is 0 Å². The van der Waals surface area contributed by atoms with Crippen molar-refractivity contribution in [1.29, 1.82) is 0 Å². The zero-order valence-corrected chi connectivity index (χ0v) is 12.0.